The Balaban J connectivity index is 1.65. The summed E-state index contributed by atoms with van der Waals surface area (Å²) in [6.45, 7) is 0. The lowest BCUT2D eigenvalue weighted by Gasteiger charge is -2.46. The van der Waals surface area contributed by atoms with E-state index in [0.717, 1.165) is 12.8 Å². The zero-order valence-electron chi connectivity index (χ0n) is 11.7. The highest BCUT2D eigenvalue weighted by molar-refractivity contribution is 6.26. The molecule has 4 saturated carbocycles. The molecular weight excluding hydrogens is 302 g/mol. The summed E-state index contributed by atoms with van der Waals surface area (Å²) in [5, 5.41) is 0. The third kappa shape index (κ3) is 0.910. The summed E-state index contributed by atoms with van der Waals surface area (Å²) >= 11 is 6.92. The van der Waals surface area contributed by atoms with E-state index >= 15 is 0 Å². The van der Waals surface area contributed by atoms with Gasteiger partial charge in [-0.15, -0.1) is 11.6 Å². The predicted molar refractivity (Wildman–Crippen MR) is 80.7 cm³/mol. The van der Waals surface area contributed by atoms with Gasteiger partial charge in [-0.25, -0.2) is 23.5 Å². The Bertz CT molecular complexity index is 905. The molecule has 0 radical (unpaired) electrons. The van der Waals surface area contributed by atoms with Crippen molar-refractivity contribution in [3.05, 3.63) is 51.3 Å². The van der Waals surface area contributed by atoms with Crippen molar-refractivity contribution in [3.8, 4) is 5.69 Å². The maximum Gasteiger partial charge on any atom is 0.352 e. The van der Waals surface area contributed by atoms with E-state index in [1.165, 1.54) is 4.57 Å². The van der Waals surface area contributed by atoms with Gasteiger partial charge < -0.3 is 0 Å². The van der Waals surface area contributed by atoms with Crippen LogP contribution < -0.4 is 11.4 Å². The molecule has 0 N–H and O–H groups in total. The molecule has 1 aliphatic heterocycles. The number of alkyl halides is 1. The highest BCUT2D eigenvalue weighted by Crippen LogP contribution is 2.81. The Hall–Kier alpha value is -1.75. The second kappa shape index (κ2) is 3.27. The molecular formula is C16H14ClN3O2. The first-order valence-electron chi connectivity index (χ1n) is 7.86. The number of para-hydroxylation sites is 1. The molecule has 22 heavy (non-hydrogen) atoms. The van der Waals surface area contributed by atoms with Crippen LogP contribution in [0.1, 0.15) is 24.9 Å². The standard InChI is InChI=1S/C16H14ClN3O2/c17-16-9-6-7-10(16)12-11(9)13(16)20-15(22)18(14(21)19(12)20)8-4-2-1-3-5-8/h1-5,9-13H,6-7H2. The van der Waals surface area contributed by atoms with Gasteiger partial charge in [0.15, 0.2) is 0 Å². The van der Waals surface area contributed by atoms with Crippen molar-refractivity contribution in [1.29, 1.82) is 0 Å². The summed E-state index contributed by atoms with van der Waals surface area (Å²) in [6.07, 6.45) is 2.24. The molecule has 6 atom stereocenters. The molecule has 1 aromatic heterocycles. The first-order valence-corrected chi connectivity index (χ1v) is 8.24. The van der Waals surface area contributed by atoms with Crippen LogP contribution in [0.3, 0.4) is 0 Å². The minimum atomic E-state index is -0.269. The van der Waals surface area contributed by atoms with Crippen molar-refractivity contribution >= 4 is 11.6 Å². The number of hydrogen-bond acceptors (Lipinski definition) is 2. The number of benzene rings is 1. The molecule has 6 unspecified atom stereocenters. The molecule has 1 aromatic carbocycles. The quantitative estimate of drug-likeness (QED) is 0.750. The summed E-state index contributed by atoms with van der Waals surface area (Å²) in [5.41, 5.74) is 0.186. The summed E-state index contributed by atoms with van der Waals surface area (Å²) in [4.78, 5) is 25.5. The van der Waals surface area contributed by atoms with Crippen LogP contribution in [0.2, 0.25) is 0 Å². The third-order valence-electron chi connectivity index (χ3n) is 6.58. The van der Waals surface area contributed by atoms with Crippen molar-refractivity contribution in [1.82, 2.24) is 13.9 Å². The van der Waals surface area contributed by atoms with E-state index in [1.54, 1.807) is 21.5 Å². The largest absolute Gasteiger partial charge is 0.352 e. The fourth-order valence-electron chi connectivity index (χ4n) is 6.00. The molecule has 6 heteroatoms. The van der Waals surface area contributed by atoms with Gasteiger partial charge in [0, 0.05) is 11.8 Å². The van der Waals surface area contributed by atoms with E-state index < -0.39 is 0 Å². The lowest BCUT2D eigenvalue weighted by Crippen LogP contribution is -2.53. The van der Waals surface area contributed by atoms with Crippen LogP contribution in [-0.2, 0) is 0 Å². The maximum atomic E-state index is 12.9. The molecule has 5 nitrogen and oxygen atoms in total. The SMILES string of the molecule is O=c1n(-c2ccccc2)c(=O)n2n1C1C3C4CCC1C4(Cl)C32. The molecule has 2 heterocycles. The van der Waals surface area contributed by atoms with E-state index in [1.807, 2.05) is 18.2 Å². The zero-order valence-corrected chi connectivity index (χ0v) is 12.5. The van der Waals surface area contributed by atoms with Gasteiger partial charge >= 0.3 is 11.4 Å². The molecule has 6 bridgehead atoms. The number of hydrogen-bond donors (Lipinski definition) is 0. The number of fused-ring (bicyclic) bond motifs is 1. The molecule has 112 valence electrons. The predicted octanol–water partition coefficient (Wildman–Crippen LogP) is 1.54. The van der Waals surface area contributed by atoms with E-state index in [4.69, 9.17) is 11.6 Å². The molecule has 0 spiro atoms. The molecule has 7 rings (SSSR count). The second-order valence-corrected chi connectivity index (χ2v) is 7.71. The van der Waals surface area contributed by atoms with E-state index in [9.17, 15) is 9.59 Å². The van der Waals surface area contributed by atoms with Crippen LogP contribution in [0.4, 0.5) is 0 Å². The zero-order chi connectivity index (χ0) is 14.8. The fraction of sp³-hybridized carbons (Fsp3) is 0.500. The van der Waals surface area contributed by atoms with Crippen LogP contribution in [0.25, 0.3) is 5.69 Å². The van der Waals surface area contributed by atoms with Crippen molar-refractivity contribution < 1.29 is 0 Å². The molecule has 4 aliphatic carbocycles. The van der Waals surface area contributed by atoms with Gasteiger partial charge in [-0.3, -0.25) is 0 Å². The van der Waals surface area contributed by atoms with E-state index in [2.05, 4.69) is 0 Å². The summed E-state index contributed by atoms with van der Waals surface area (Å²) in [5.74, 6) is 1.26. The monoisotopic (exact) mass is 315 g/mol. The number of aromatic nitrogens is 3. The average Bonchev–Trinajstić information content (AvgIpc) is 3.21. The average molecular weight is 316 g/mol. The Morgan fingerprint density at radius 3 is 2.45 bits per heavy atom. The van der Waals surface area contributed by atoms with Crippen LogP contribution >= 0.6 is 11.6 Å². The molecule has 5 aliphatic rings. The topological polar surface area (TPSA) is 48.9 Å². The van der Waals surface area contributed by atoms with Gasteiger partial charge in [0.1, 0.15) is 0 Å². The minimum absolute atomic E-state index is 0.0156. The first kappa shape index (κ1) is 11.8. The van der Waals surface area contributed by atoms with Crippen molar-refractivity contribution in [2.45, 2.75) is 29.8 Å². The van der Waals surface area contributed by atoms with Crippen molar-refractivity contribution in [2.24, 2.45) is 17.8 Å². The summed E-state index contributed by atoms with van der Waals surface area (Å²) in [6, 6.07) is 9.29. The third-order valence-corrected chi connectivity index (χ3v) is 7.37. The Morgan fingerprint density at radius 2 is 1.68 bits per heavy atom. The fourth-order valence-corrected chi connectivity index (χ4v) is 6.73. The first-order chi connectivity index (χ1) is 10.7. The lowest BCUT2D eigenvalue weighted by atomic mass is 9.68. The number of halogens is 1. The molecule has 4 fully saturated rings. The van der Waals surface area contributed by atoms with Gasteiger partial charge in [-0.05, 0) is 30.9 Å². The molecule has 2 aromatic rings. The van der Waals surface area contributed by atoms with Crippen LogP contribution in [-0.4, -0.2) is 18.8 Å². The molecule has 0 amide bonds. The van der Waals surface area contributed by atoms with Gasteiger partial charge in [-0.2, -0.15) is 0 Å². The van der Waals surface area contributed by atoms with E-state index in [0.29, 0.717) is 23.4 Å². The number of nitrogens with zero attached hydrogens (tertiary/aromatic N) is 3. The Kier molecular flexibility index (Phi) is 1.75. The maximum absolute atomic E-state index is 12.9. The lowest BCUT2D eigenvalue weighted by molar-refractivity contribution is 0.104. The van der Waals surface area contributed by atoms with Crippen LogP contribution in [0.5, 0.6) is 0 Å². The van der Waals surface area contributed by atoms with Gasteiger partial charge in [0.05, 0.1) is 22.6 Å². The van der Waals surface area contributed by atoms with Gasteiger partial charge in [-0.1, -0.05) is 18.2 Å². The van der Waals surface area contributed by atoms with Gasteiger partial charge in [0.25, 0.3) is 0 Å². The van der Waals surface area contributed by atoms with Crippen molar-refractivity contribution in [2.75, 3.05) is 0 Å². The highest BCUT2D eigenvalue weighted by Gasteiger charge is 2.82. The second-order valence-electron chi connectivity index (χ2n) is 7.06. The number of rotatable bonds is 1. The normalized spacial score (nSPS) is 42.5. The van der Waals surface area contributed by atoms with Crippen LogP contribution in [0.15, 0.2) is 39.9 Å². The van der Waals surface area contributed by atoms with Crippen molar-refractivity contribution in [3.63, 3.8) is 0 Å². The Morgan fingerprint density at radius 1 is 1.00 bits per heavy atom. The molecule has 0 saturated heterocycles. The van der Waals surface area contributed by atoms with Crippen LogP contribution in [0, 0.1) is 17.8 Å². The highest BCUT2D eigenvalue weighted by atomic mass is 35.5. The van der Waals surface area contributed by atoms with E-state index in [-0.39, 0.29) is 28.3 Å². The Labute approximate surface area is 130 Å². The minimum Gasteiger partial charge on any atom is -0.245 e. The summed E-state index contributed by atoms with van der Waals surface area (Å²) < 4.78 is 4.67. The smallest absolute Gasteiger partial charge is 0.245 e. The summed E-state index contributed by atoms with van der Waals surface area (Å²) in [7, 11) is 0. The van der Waals surface area contributed by atoms with Gasteiger partial charge in [0.2, 0.25) is 0 Å².